The van der Waals surface area contributed by atoms with Gasteiger partial charge in [0.25, 0.3) is 5.56 Å². The van der Waals surface area contributed by atoms with Crippen molar-refractivity contribution in [2.45, 2.75) is 43.8 Å². The monoisotopic (exact) mass is 451 g/mol. The molecule has 5 rings (SSSR count). The fraction of sp³-hybridized carbons (Fsp3) is 0.471. The first-order chi connectivity index (χ1) is 12.6. The molecule has 5 heterocycles. The number of aromatic nitrogens is 3. The number of thiazole rings is 2. The molecule has 0 aliphatic carbocycles. The van der Waals surface area contributed by atoms with Crippen molar-refractivity contribution in [2.75, 3.05) is 11.9 Å². The third kappa shape index (κ3) is 2.90. The molecule has 0 radical (unpaired) electrons. The second-order valence-electron chi connectivity index (χ2n) is 7.03. The molecule has 2 saturated heterocycles. The minimum Gasteiger partial charge on any atom is -0.348 e. The highest BCUT2D eigenvalue weighted by atomic mass is 79.9. The van der Waals surface area contributed by atoms with E-state index in [1.807, 2.05) is 6.07 Å². The number of hydrogen-bond acceptors (Lipinski definition) is 7. The van der Waals surface area contributed by atoms with Gasteiger partial charge in [-0.25, -0.2) is 9.97 Å². The number of pyridine rings is 1. The molecule has 9 heteroatoms. The van der Waals surface area contributed by atoms with E-state index in [0.29, 0.717) is 23.3 Å². The van der Waals surface area contributed by atoms with Crippen LogP contribution in [0.4, 0.5) is 5.13 Å². The first kappa shape index (κ1) is 16.9. The standard InChI is InChI=1S/C17H18BrN5OS2/c1-22(12-7-10-2-3-11(8-12)19-10)16-20-14-15(25-16)21-17(26-14)23-5-4-9(18)6-13(23)24/h4-6,10-12,19H,2-3,7-8H2,1H3/t10-,11+,12?. The summed E-state index contributed by atoms with van der Waals surface area (Å²) in [5.74, 6) is 0. The van der Waals surface area contributed by atoms with Gasteiger partial charge in [0.15, 0.2) is 19.9 Å². The molecule has 3 aromatic heterocycles. The summed E-state index contributed by atoms with van der Waals surface area (Å²) in [5.41, 5.74) is -0.0942. The van der Waals surface area contributed by atoms with E-state index in [0.717, 1.165) is 19.3 Å². The predicted molar refractivity (Wildman–Crippen MR) is 110 cm³/mol. The van der Waals surface area contributed by atoms with Crippen LogP contribution in [0.2, 0.25) is 0 Å². The molecule has 1 N–H and O–H groups in total. The zero-order chi connectivity index (χ0) is 17.8. The molecular formula is C17H18BrN5OS2. The van der Waals surface area contributed by atoms with Crippen molar-refractivity contribution in [3.05, 3.63) is 33.2 Å². The van der Waals surface area contributed by atoms with Crippen LogP contribution >= 0.6 is 38.6 Å². The lowest BCUT2D eigenvalue weighted by atomic mass is 9.99. The molecule has 136 valence electrons. The van der Waals surface area contributed by atoms with Crippen LogP contribution in [0.25, 0.3) is 14.8 Å². The van der Waals surface area contributed by atoms with Crippen molar-refractivity contribution >= 4 is 53.4 Å². The fourth-order valence-corrected chi connectivity index (χ4v) is 6.36. The molecule has 3 atom stereocenters. The molecule has 26 heavy (non-hydrogen) atoms. The predicted octanol–water partition coefficient (Wildman–Crippen LogP) is 3.39. The van der Waals surface area contributed by atoms with Gasteiger partial charge < -0.3 is 10.2 Å². The van der Waals surface area contributed by atoms with Crippen LogP contribution in [-0.2, 0) is 0 Å². The van der Waals surface area contributed by atoms with Gasteiger partial charge in [-0.15, -0.1) is 0 Å². The quantitative estimate of drug-likeness (QED) is 0.660. The maximum absolute atomic E-state index is 12.2. The van der Waals surface area contributed by atoms with Crippen molar-refractivity contribution in [1.29, 1.82) is 0 Å². The van der Waals surface area contributed by atoms with Crippen LogP contribution in [0.3, 0.4) is 0 Å². The summed E-state index contributed by atoms with van der Waals surface area (Å²) >= 11 is 6.40. The zero-order valence-electron chi connectivity index (χ0n) is 14.2. The Morgan fingerprint density at radius 1 is 1.23 bits per heavy atom. The largest absolute Gasteiger partial charge is 0.348 e. The molecule has 3 aromatic rings. The van der Waals surface area contributed by atoms with Crippen LogP contribution in [0.1, 0.15) is 25.7 Å². The number of nitrogens with one attached hydrogen (secondary N) is 1. The third-order valence-electron chi connectivity index (χ3n) is 5.34. The van der Waals surface area contributed by atoms with Gasteiger partial charge in [0, 0.05) is 41.9 Å². The molecule has 2 aliphatic heterocycles. The molecule has 0 aromatic carbocycles. The van der Waals surface area contributed by atoms with E-state index in [2.05, 4.69) is 38.2 Å². The van der Waals surface area contributed by atoms with E-state index in [1.54, 1.807) is 28.2 Å². The zero-order valence-corrected chi connectivity index (χ0v) is 17.4. The van der Waals surface area contributed by atoms with Gasteiger partial charge >= 0.3 is 0 Å². The molecule has 6 nitrogen and oxygen atoms in total. The van der Waals surface area contributed by atoms with Crippen molar-refractivity contribution < 1.29 is 0 Å². The molecule has 1 unspecified atom stereocenters. The van der Waals surface area contributed by atoms with Gasteiger partial charge in [0.2, 0.25) is 0 Å². The lowest BCUT2D eigenvalue weighted by molar-refractivity contribution is 0.354. The van der Waals surface area contributed by atoms with Crippen molar-refractivity contribution in [3.63, 3.8) is 0 Å². The minimum absolute atomic E-state index is 0.0942. The molecule has 2 aliphatic rings. The topological polar surface area (TPSA) is 63.1 Å². The Morgan fingerprint density at radius 2 is 1.96 bits per heavy atom. The Labute approximate surface area is 167 Å². The summed E-state index contributed by atoms with van der Waals surface area (Å²) in [4.78, 5) is 25.7. The van der Waals surface area contributed by atoms with E-state index < -0.39 is 0 Å². The lowest BCUT2D eigenvalue weighted by Gasteiger charge is -2.35. The third-order valence-corrected chi connectivity index (χ3v) is 7.95. The normalized spacial score (nSPS) is 25.1. The molecule has 0 saturated carbocycles. The molecular weight excluding hydrogens is 434 g/mol. The first-order valence-electron chi connectivity index (χ1n) is 8.71. The summed E-state index contributed by atoms with van der Waals surface area (Å²) in [5, 5.41) is 5.39. The summed E-state index contributed by atoms with van der Waals surface area (Å²) < 4.78 is 2.34. The molecule has 2 fully saturated rings. The summed E-state index contributed by atoms with van der Waals surface area (Å²) in [6.07, 6.45) is 6.72. The van der Waals surface area contributed by atoms with Gasteiger partial charge in [-0.05, 0) is 31.7 Å². The summed E-state index contributed by atoms with van der Waals surface area (Å²) in [6, 6.07) is 5.26. The highest BCUT2D eigenvalue weighted by molar-refractivity contribution is 9.10. The number of rotatable bonds is 3. The average Bonchev–Trinajstić information content (AvgIpc) is 3.27. The van der Waals surface area contributed by atoms with Crippen LogP contribution < -0.4 is 15.8 Å². The number of fused-ring (bicyclic) bond motifs is 3. The number of halogens is 1. The SMILES string of the molecule is CN(c1nc2sc(-n3ccc(Br)cc3=O)nc2s1)C1C[C@H]2CC[C@@H](C1)N2. The summed E-state index contributed by atoms with van der Waals surface area (Å²) in [7, 11) is 2.15. The number of piperidine rings is 1. The Balaban J connectivity index is 1.42. The number of anilines is 1. The molecule has 0 spiro atoms. The van der Waals surface area contributed by atoms with Crippen molar-refractivity contribution in [1.82, 2.24) is 19.9 Å². The first-order valence-corrected chi connectivity index (χ1v) is 11.1. The maximum Gasteiger partial charge on any atom is 0.258 e. The Hall–Kier alpha value is -1.29. The van der Waals surface area contributed by atoms with Crippen LogP contribution in [0, 0.1) is 0 Å². The van der Waals surface area contributed by atoms with Gasteiger partial charge in [0.05, 0.1) is 0 Å². The second-order valence-corrected chi connectivity index (χ2v) is 9.86. The minimum atomic E-state index is -0.0942. The lowest BCUT2D eigenvalue weighted by Crippen LogP contribution is -2.47. The number of hydrogen-bond donors (Lipinski definition) is 1. The van der Waals surface area contributed by atoms with Crippen LogP contribution in [0.5, 0.6) is 0 Å². The highest BCUT2D eigenvalue weighted by Gasteiger charge is 2.36. The molecule has 0 amide bonds. The van der Waals surface area contributed by atoms with Crippen molar-refractivity contribution in [3.8, 4) is 5.13 Å². The van der Waals surface area contributed by atoms with Crippen LogP contribution in [-0.4, -0.2) is 39.7 Å². The van der Waals surface area contributed by atoms with E-state index in [1.165, 1.54) is 37.0 Å². The van der Waals surface area contributed by atoms with E-state index in [9.17, 15) is 4.79 Å². The Morgan fingerprint density at radius 3 is 2.65 bits per heavy atom. The van der Waals surface area contributed by atoms with Crippen LogP contribution in [0.15, 0.2) is 27.6 Å². The fourth-order valence-electron chi connectivity index (χ4n) is 3.99. The summed E-state index contributed by atoms with van der Waals surface area (Å²) in [6.45, 7) is 0. The average molecular weight is 452 g/mol. The second kappa shape index (κ2) is 6.40. The van der Waals surface area contributed by atoms with E-state index in [4.69, 9.17) is 4.98 Å². The Bertz CT molecular complexity index is 984. The smallest absolute Gasteiger partial charge is 0.258 e. The van der Waals surface area contributed by atoms with Gasteiger partial charge in [0.1, 0.15) is 0 Å². The van der Waals surface area contributed by atoms with Gasteiger partial charge in [-0.3, -0.25) is 9.36 Å². The number of nitrogens with zero attached hydrogens (tertiary/aromatic N) is 4. The molecule has 2 bridgehead atoms. The van der Waals surface area contributed by atoms with Gasteiger partial charge in [-0.2, -0.15) is 0 Å². The Kier molecular flexibility index (Phi) is 4.15. The highest BCUT2D eigenvalue weighted by Crippen LogP contribution is 2.36. The van der Waals surface area contributed by atoms with Crippen molar-refractivity contribution in [2.24, 2.45) is 0 Å². The van der Waals surface area contributed by atoms with E-state index >= 15 is 0 Å². The maximum atomic E-state index is 12.2. The van der Waals surface area contributed by atoms with Gasteiger partial charge in [-0.1, -0.05) is 38.6 Å². The van der Waals surface area contributed by atoms with E-state index in [-0.39, 0.29) is 5.56 Å².